The molecule has 16 heavy (non-hydrogen) atoms. The highest BCUT2D eigenvalue weighted by molar-refractivity contribution is 7.13. The summed E-state index contributed by atoms with van der Waals surface area (Å²) in [7, 11) is 0. The molecule has 1 aliphatic carbocycles. The molecule has 2 aromatic rings. The van der Waals surface area contributed by atoms with E-state index in [0.29, 0.717) is 0 Å². The highest BCUT2D eigenvalue weighted by atomic mass is 32.1. The molecule has 3 rings (SSSR count). The lowest BCUT2D eigenvalue weighted by Crippen LogP contribution is -2.19. The predicted molar refractivity (Wildman–Crippen MR) is 68.0 cm³/mol. The zero-order chi connectivity index (χ0) is 10.8. The van der Waals surface area contributed by atoms with Gasteiger partial charge in [0.1, 0.15) is 10.7 Å². The Morgan fingerprint density at radius 2 is 2.31 bits per heavy atom. The van der Waals surface area contributed by atoms with Gasteiger partial charge in [-0.3, -0.25) is 0 Å². The predicted octanol–water partition coefficient (Wildman–Crippen LogP) is 2.56. The summed E-state index contributed by atoms with van der Waals surface area (Å²) in [6.07, 6.45) is 3.72. The van der Waals surface area contributed by atoms with Crippen LogP contribution in [0.5, 0.6) is 0 Å². The third kappa shape index (κ3) is 2.48. The molecule has 0 amide bonds. The molecule has 1 fully saturated rings. The molecule has 0 aliphatic heterocycles. The van der Waals surface area contributed by atoms with E-state index in [1.165, 1.54) is 18.5 Å². The molecular formula is C11H13N3S2. The van der Waals surface area contributed by atoms with E-state index in [1.807, 2.05) is 10.9 Å². The van der Waals surface area contributed by atoms with Crippen LogP contribution >= 0.6 is 22.7 Å². The molecule has 0 aromatic carbocycles. The van der Waals surface area contributed by atoms with Crippen LogP contribution in [0.1, 0.15) is 18.5 Å². The molecule has 5 heteroatoms. The third-order valence-electron chi connectivity index (χ3n) is 2.59. The number of rotatable bonds is 5. The Morgan fingerprint density at radius 3 is 3.06 bits per heavy atom. The second kappa shape index (κ2) is 4.61. The third-order valence-corrected chi connectivity index (χ3v) is 4.09. The molecular weight excluding hydrogens is 238 g/mol. The highest BCUT2D eigenvalue weighted by Crippen LogP contribution is 2.23. The summed E-state index contributed by atoms with van der Waals surface area (Å²) < 4.78 is 0. The average molecular weight is 251 g/mol. The van der Waals surface area contributed by atoms with Crippen molar-refractivity contribution < 1.29 is 0 Å². The van der Waals surface area contributed by atoms with E-state index in [9.17, 15) is 0 Å². The molecule has 3 nitrogen and oxygen atoms in total. The van der Waals surface area contributed by atoms with Crippen LogP contribution < -0.4 is 5.32 Å². The minimum Gasteiger partial charge on any atom is -0.314 e. The van der Waals surface area contributed by atoms with Crippen LogP contribution in [-0.2, 0) is 6.42 Å². The maximum Gasteiger partial charge on any atom is 0.142 e. The van der Waals surface area contributed by atoms with Gasteiger partial charge in [0.05, 0.1) is 11.2 Å². The lowest BCUT2D eigenvalue weighted by Gasteiger charge is -1.98. The van der Waals surface area contributed by atoms with Crippen molar-refractivity contribution in [2.24, 2.45) is 0 Å². The minimum atomic E-state index is 0.789. The first-order chi connectivity index (χ1) is 7.92. The quantitative estimate of drug-likeness (QED) is 0.887. The van der Waals surface area contributed by atoms with Gasteiger partial charge in [0.2, 0.25) is 0 Å². The van der Waals surface area contributed by atoms with Crippen molar-refractivity contribution in [2.75, 3.05) is 6.54 Å². The van der Waals surface area contributed by atoms with Crippen LogP contribution in [-0.4, -0.2) is 22.6 Å². The number of aromatic nitrogens is 2. The van der Waals surface area contributed by atoms with Crippen LogP contribution in [0.3, 0.4) is 0 Å². The summed E-state index contributed by atoms with van der Waals surface area (Å²) >= 11 is 3.30. The number of hydrogen-bond acceptors (Lipinski definition) is 5. The van der Waals surface area contributed by atoms with Gasteiger partial charge in [0.15, 0.2) is 0 Å². The molecule has 1 N–H and O–H groups in total. The van der Waals surface area contributed by atoms with E-state index in [1.54, 1.807) is 22.7 Å². The smallest absolute Gasteiger partial charge is 0.142 e. The first-order valence-corrected chi connectivity index (χ1v) is 7.30. The first kappa shape index (κ1) is 10.4. The van der Waals surface area contributed by atoms with Crippen LogP contribution in [0.2, 0.25) is 0 Å². The van der Waals surface area contributed by atoms with Crippen molar-refractivity contribution in [3.8, 4) is 10.7 Å². The van der Waals surface area contributed by atoms with E-state index in [4.69, 9.17) is 0 Å². The fourth-order valence-electron chi connectivity index (χ4n) is 1.55. The summed E-state index contributed by atoms with van der Waals surface area (Å²) in [5.74, 6) is 0. The lowest BCUT2D eigenvalue weighted by atomic mass is 10.3. The minimum absolute atomic E-state index is 0.789. The molecule has 0 atom stereocenters. The Labute approximate surface area is 103 Å². The second-order valence-electron chi connectivity index (χ2n) is 4.00. The van der Waals surface area contributed by atoms with E-state index in [2.05, 4.69) is 20.7 Å². The monoisotopic (exact) mass is 251 g/mol. The molecule has 0 spiro atoms. The van der Waals surface area contributed by atoms with Crippen molar-refractivity contribution >= 4 is 22.7 Å². The van der Waals surface area contributed by atoms with Crippen LogP contribution in [0.4, 0.5) is 0 Å². The van der Waals surface area contributed by atoms with Gasteiger partial charge in [-0.15, -0.1) is 22.7 Å². The van der Waals surface area contributed by atoms with Crippen LogP contribution in [0.25, 0.3) is 10.7 Å². The molecule has 0 radical (unpaired) electrons. The fourth-order valence-corrected chi connectivity index (χ4v) is 2.98. The molecule has 0 bridgehead atoms. The molecule has 2 heterocycles. The molecule has 1 saturated carbocycles. The lowest BCUT2D eigenvalue weighted by molar-refractivity contribution is 0.677. The molecule has 0 unspecified atom stereocenters. The Hall–Kier alpha value is -0.780. The molecule has 0 saturated heterocycles. The average Bonchev–Trinajstić information content (AvgIpc) is 2.83. The normalized spacial score (nSPS) is 15.5. The number of nitrogens with one attached hydrogen (secondary N) is 1. The SMILES string of the molecule is c1nc(-c2nc(CCNC3CC3)cs2)cs1. The topological polar surface area (TPSA) is 37.8 Å². The maximum atomic E-state index is 4.59. The Morgan fingerprint density at radius 1 is 1.38 bits per heavy atom. The van der Waals surface area contributed by atoms with Crippen molar-refractivity contribution in [3.63, 3.8) is 0 Å². The summed E-state index contributed by atoms with van der Waals surface area (Å²) in [5, 5.41) is 8.73. The summed E-state index contributed by atoms with van der Waals surface area (Å²) in [6.45, 7) is 1.05. The number of thiazole rings is 2. The van der Waals surface area contributed by atoms with Gasteiger partial charge >= 0.3 is 0 Å². The van der Waals surface area contributed by atoms with E-state index >= 15 is 0 Å². The zero-order valence-electron chi connectivity index (χ0n) is 8.85. The Bertz CT molecular complexity index is 446. The van der Waals surface area contributed by atoms with E-state index in [-0.39, 0.29) is 0 Å². The van der Waals surface area contributed by atoms with Crippen molar-refractivity contribution in [3.05, 3.63) is 22.0 Å². The summed E-state index contributed by atoms with van der Waals surface area (Å²) in [5.41, 5.74) is 4.04. The number of hydrogen-bond donors (Lipinski definition) is 1. The summed E-state index contributed by atoms with van der Waals surface area (Å²) in [4.78, 5) is 8.86. The van der Waals surface area contributed by atoms with Gasteiger partial charge in [-0.2, -0.15) is 0 Å². The van der Waals surface area contributed by atoms with Gasteiger partial charge in [0.25, 0.3) is 0 Å². The molecule has 2 aromatic heterocycles. The van der Waals surface area contributed by atoms with Gasteiger partial charge in [-0.1, -0.05) is 0 Å². The van der Waals surface area contributed by atoms with Crippen LogP contribution in [0, 0.1) is 0 Å². The van der Waals surface area contributed by atoms with Crippen molar-refractivity contribution in [1.82, 2.24) is 15.3 Å². The van der Waals surface area contributed by atoms with Gasteiger partial charge in [-0.25, -0.2) is 9.97 Å². The number of nitrogens with zero attached hydrogens (tertiary/aromatic N) is 2. The zero-order valence-corrected chi connectivity index (χ0v) is 10.5. The summed E-state index contributed by atoms with van der Waals surface area (Å²) in [6, 6.07) is 0.789. The van der Waals surface area contributed by atoms with Gasteiger partial charge < -0.3 is 5.32 Å². The van der Waals surface area contributed by atoms with Crippen LogP contribution in [0.15, 0.2) is 16.3 Å². The maximum absolute atomic E-state index is 4.59. The molecule has 1 aliphatic rings. The van der Waals surface area contributed by atoms with Crippen molar-refractivity contribution in [1.29, 1.82) is 0 Å². The highest BCUT2D eigenvalue weighted by Gasteiger charge is 2.19. The fraction of sp³-hybridized carbons (Fsp3) is 0.455. The van der Waals surface area contributed by atoms with Gasteiger partial charge in [-0.05, 0) is 12.8 Å². The largest absolute Gasteiger partial charge is 0.314 e. The Balaban J connectivity index is 1.59. The van der Waals surface area contributed by atoms with Gasteiger partial charge in [0, 0.05) is 29.8 Å². The van der Waals surface area contributed by atoms with E-state index < -0.39 is 0 Å². The Kier molecular flexibility index (Phi) is 2.99. The van der Waals surface area contributed by atoms with Crippen molar-refractivity contribution in [2.45, 2.75) is 25.3 Å². The molecule has 84 valence electrons. The first-order valence-electron chi connectivity index (χ1n) is 5.48. The second-order valence-corrected chi connectivity index (χ2v) is 5.57. The van der Waals surface area contributed by atoms with E-state index in [0.717, 1.165) is 29.7 Å². The standard InChI is InChI=1S/C11H13N3S2/c1-2-8(1)12-4-3-9-5-16-11(14-9)10-6-15-7-13-10/h5-8,12H,1-4H2.